The zero-order chi connectivity index (χ0) is 18.7. The lowest BCUT2D eigenvalue weighted by Crippen LogP contribution is -2.39. The van der Waals surface area contributed by atoms with Crippen molar-refractivity contribution in [1.29, 1.82) is 0 Å². The Morgan fingerprint density at radius 1 is 1.19 bits per heavy atom. The number of guanidine groups is 1. The number of benzene rings is 1. The first-order valence-electron chi connectivity index (χ1n) is 9.70. The number of aliphatic imine (C=N–C) groups is 1. The summed E-state index contributed by atoms with van der Waals surface area (Å²) < 4.78 is 21.8. The van der Waals surface area contributed by atoms with E-state index in [0.717, 1.165) is 75.6 Å². The molecule has 0 radical (unpaired) electrons. The third-order valence-corrected chi connectivity index (χ3v) is 4.36. The smallest absolute Gasteiger partial charge is 0.231 e. The van der Waals surface area contributed by atoms with E-state index in [1.165, 1.54) is 0 Å². The van der Waals surface area contributed by atoms with Gasteiger partial charge in [0.05, 0.1) is 19.8 Å². The molecule has 8 nitrogen and oxygen atoms in total. The van der Waals surface area contributed by atoms with Crippen molar-refractivity contribution in [3.63, 3.8) is 0 Å². The molecule has 0 bridgehead atoms. The molecule has 2 N–H and O–H groups in total. The Kier molecular flexibility index (Phi) is 7.85. The van der Waals surface area contributed by atoms with E-state index in [2.05, 4.69) is 27.4 Å². The molecule has 0 atom stereocenters. The minimum Gasteiger partial charge on any atom is -0.492 e. The summed E-state index contributed by atoms with van der Waals surface area (Å²) in [5.74, 6) is 3.09. The molecule has 2 aliphatic heterocycles. The summed E-state index contributed by atoms with van der Waals surface area (Å²) in [6.45, 7) is 9.99. The fourth-order valence-corrected chi connectivity index (χ4v) is 2.96. The SMILES string of the molecule is CCNC(=NCCCN1CCOCC1)NCCOc1ccc2c(c1)OCO2. The third kappa shape index (κ3) is 6.48. The fourth-order valence-electron chi connectivity index (χ4n) is 2.96. The molecule has 3 rings (SSSR count). The molecular formula is C19H30N4O4. The number of hydrogen-bond acceptors (Lipinski definition) is 6. The third-order valence-electron chi connectivity index (χ3n) is 4.36. The maximum absolute atomic E-state index is 5.77. The van der Waals surface area contributed by atoms with Gasteiger partial charge in [0.25, 0.3) is 0 Å². The second-order valence-corrected chi connectivity index (χ2v) is 6.36. The minimum absolute atomic E-state index is 0.272. The van der Waals surface area contributed by atoms with Gasteiger partial charge in [-0.05, 0) is 25.5 Å². The molecule has 150 valence electrons. The first kappa shape index (κ1) is 19.6. The Labute approximate surface area is 160 Å². The van der Waals surface area contributed by atoms with E-state index >= 15 is 0 Å². The normalized spacial score (nSPS) is 17.0. The highest BCUT2D eigenvalue weighted by molar-refractivity contribution is 5.79. The summed E-state index contributed by atoms with van der Waals surface area (Å²) in [5.41, 5.74) is 0. The second kappa shape index (κ2) is 10.8. The summed E-state index contributed by atoms with van der Waals surface area (Å²) in [6.07, 6.45) is 1.05. The van der Waals surface area contributed by atoms with Crippen LogP contribution in [0.1, 0.15) is 13.3 Å². The van der Waals surface area contributed by atoms with Gasteiger partial charge in [0, 0.05) is 38.8 Å². The van der Waals surface area contributed by atoms with Crippen molar-refractivity contribution in [3.8, 4) is 17.2 Å². The van der Waals surface area contributed by atoms with E-state index in [0.29, 0.717) is 13.2 Å². The molecule has 8 heteroatoms. The zero-order valence-corrected chi connectivity index (χ0v) is 16.0. The van der Waals surface area contributed by atoms with Crippen LogP contribution in [0.5, 0.6) is 17.2 Å². The lowest BCUT2D eigenvalue weighted by atomic mass is 10.3. The maximum atomic E-state index is 5.77. The molecule has 1 aromatic carbocycles. The Hall–Kier alpha value is -2.19. The predicted octanol–water partition coefficient (Wildman–Crippen LogP) is 1.07. The van der Waals surface area contributed by atoms with Gasteiger partial charge in [-0.2, -0.15) is 0 Å². The van der Waals surface area contributed by atoms with Crippen LogP contribution < -0.4 is 24.8 Å². The molecule has 2 aliphatic rings. The molecular weight excluding hydrogens is 348 g/mol. The minimum atomic E-state index is 0.272. The number of morpholine rings is 1. The van der Waals surface area contributed by atoms with Crippen molar-refractivity contribution in [2.24, 2.45) is 4.99 Å². The number of nitrogens with zero attached hydrogens (tertiary/aromatic N) is 2. The van der Waals surface area contributed by atoms with Crippen molar-refractivity contribution in [1.82, 2.24) is 15.5 Å². The van der Waals surface area contributed by atoms with Crippen LogP contribution in [0.25, 0.3) is 0 Å². The highest BCUT2D eigenvalue weighted by atomic mass is 16.7. The quantitative estimate of drug-likeness (QED) is 0.378. The molecule has 1 fully saturated rings. The fraction of sp³-hybridized carbons (Fsp3) is 0.632. The average Bonchev–Trinajstić information content (AvgIpc) is 3.17. The Morgan fingerprint density at radius 2 is 2.04 bits per heavy atom. The topological polar surface area (TPSA) is 76.6 Å². The van der Waals surface area contributed by atoms with Gasteiger partial charge in [-0.1, -0.05) is 0 Å². The van der Waals surface area contributed by atoms with E-state index in [1.807, 2.05) is 18.2 Å². The molecule has 1 aromatic rings. The molecule has 0 unspecified atom stereocenters. The molecule has 0 amide bonds. The van der Waals surface area contributed by atoms with E-state index in [1.54, 1.807) is 0 Å². The van der Waals surface area contributed by atoms with E-state index in [9.17, 15) is 0 Å². The molecule has 0 aromatic heterocycles. The van der Waals surface area contributed by atoms with Crippen LogP contribution in [-0.2, 0) is 4.74 Å². The van der Waals surface area contributed by atoms with Crippen molar-refractivity contribution in [2.45, 2.75) is 13.3 Å². The van der Waals surface area contributed by atoms with Crippen LogP contribution in [0.15, 0.2) is 23.2 Å². The predicted molar refractivity (Wildman–Crippen MR) is 104 cm³/mol. The molecule has 1 saturated heterocycles. The lowest BCUT2D eigenvalue weighted by molar-refractivity contribution is 0.0377. The van der Waals surface area contributed by atoms with Crippen molar-refractivity contribution in [3.05, 3.63) is 18.2 Å². The molecule has 2 heterocycles. The van der Waals surface area contributed by atoms with Gasteiger partial charge in [-0.15, -0.1) is 0 Å². The van der Waals surface area contributed by atoms with Crippen LogP contribution in [0.2, 0.25) is 0 Å². The number of hydrogen-bond donors (Lipinski definition) is 2. The Bertz CT molecular complexity index is 605. The van der Waals surface area contributed by atoms with Crippen molar-refractivity contribution < 1.29 is 18.9 Å². The Morgan fingerprint density at radius 3 is 2.89 bits per heavy atom. The van der Waals surface area contributed by atoms with E-state index < -0.39 is 0 Å². The number of ether oxygens (including phenoxy) is 4. The molecule has 27 heavy (non-hydrogen) atoms. The van der Waals surface area contributed by atoms with Crippen molar-refractivity contribution in [2.75, 3.05) is 65.9 Å². The average molecular weight is 378 g/mol. The van der Waals surface area contributed by atoms with Gasteiger partial charge in [0.15, 0.2) is 17.5 Å². The summed E-state index contributed by atoms with van der Waals surface area (Å²) in [4.78, 5) is 7.06. The molecule has 0 aliphatic carbocycles. The van der Waals surface area contributed by atoms with Crippen LogP contribution in [0, 0.1) is 0 Å². The summed E-state index contributed by atoms with van der Waals surface area (Å²) >= 11 is 0. The standard InChI is InChI=1S/C19H30N4O4/c1-2-20-19(21-6-3-8-23-9-12-24-13-10-23)22-7-11-25-16-4-5-17-18(14-16)27-15-26-17/h4-5,14H,2-3,6-13,15H2,1H3,(H2,20,21,22). The van der Waals surface area contributed by atoms with Crippen LogP contribution in [-0.4, -0.2) is 76.7 Å². The Balaban J connectivity index is 1.33. The number of nitrogens with one attached hydrogen (secondary N) is 2. The van der Waals surface area contributed by atoms with Gasteiger partial charge in [0.2, 0.25) is 6.79 Å². The monoisotopic (exact) mass is 378 g/mol. The highest BCUT2D eigenvalue weighted by Crippen LogP contribution is 2.34. The van der Waals surface area contributed by atoms with Crippen LogP contribution >= 0.6 is 0 Å². The first-order valence-corrected chi connectivity index (χ1v) is 9.70. The largest absolute Gasteiger partial charge is 0.492 e. The van der Waals surface area contributed by atoms with Gasteiger partial charge in [-0.25, -0.2) is 0 Å². The maximum Gasteiger partial charge on any atom is 0.231 e. The summed E-state index contributed by atoms with van der Waals surface area (Å²) in [6, 6.07) is 5.61. The van der Waals surface area contributed by atoms with Crippen molar-refractivity contribution >= 4 is 5.96 Å². The molecule has 0 spiro atoms. The van der Waals surface area contributed by atoms with E-state index in [-0.39, 0.29) is 6.79 Å². The van der Waals surface area contributed by atoms with Crippen LogP contribution in [0.3, 0.4) is 0 Å². The molecule has 0 saturated carbocycles. The van der Waals surface area contributed by atoms with Gasteiger partial charge >= 0.3 is 0 Å². The highest BCUT2D eigenvalue weighted by Gasteiger charge is 2.13. The number of rotatable bonds is 9. The van der Waals surface area contributed by atoms with Crippen LogP contribution in [0.4, 0.5) is 0 Å². The summed E-state index contributed by atoms with van der Waals surface area (Å²) in [5, 5.41) is 6.57. The van der Waals surface area contributed by atoms with Gasteiger partial charge in [0.1, 0.15) is 12.4 Å². The number of fused-ring (bicyclic) bond motifs is 1. The zero-order valence-electron chi connectivity index (χ0n) is 16.0. The van der Waals surface area contributed by atoms with Gasteiger partial charge in [-0.3, -0.25) is 9.89 Å². The lowest BCUT2D eigenvalue weighted by Gasteiger charge is -2.26. The first-order chi connectivity index (χ1) is 13.3. The second-order valence-electron chi connectivity index (χ2n) is 6.36. The van der Waals surface area contributed by atoms with Gasteiger partial charge < -0.3 is 29.6 Å². The van der Waals surface area contributed by atoms with E-state index in [4.69, 9.17) is 18.9 Å². The summed E-state index contributed by atoms with van der Waals surface area (Å²) in [7, 11) is 0.